The first kappa shape index (κ1) is 23.8. The van der Waals surface area contributed by atoms with E-state index >= 15 is 0 Å². The number of fused-ring (bicyclic) bond motifs is 1. The summed E-state index contributed by atoms with van der Waals surface area (Å²) in [4.78, 5) is 43.5. The van der Waals surface area contributed by atoms with Crippen molar-refractivity contribution >= 4 is 40.7 Å². The Hall–Kier alpha value is -3.34. The van der Waals surface area contributed by atoms with Crippen LogP contribution in [0.15, 0.2) is 62.8 Å². The monoisotopic (exact) mass is 498 g/mol. The molecule has 0 spiro atoms. The molecule has 3 heterocycles. The highest BCUT2D eigenvalue weighted by Crippen LogP contribution is 2.33. The smallest absolute Gasteiger partial charge is 0.338 e. The summed E-state index contributed by atoms with van der Waals surface area (Å²) in [6, 6.07) is 9.99. The number of allylic oxidation sites excluding steroid dienone is 1. The van der Waals surface area contributed by atoms with Gasteiger partial charge < -0.3 is 14.2 Å². The summed E-state index contributed by atoms with van der Waals surface area (Å²) in [6.45, 7) is 3.47. The number of nitrogens with zero attached hydrogens (tertiary/aromatic N) is 2. The molecular formula is C24H22N2O6S2. The minimum Gasteiger partial charge on any atom is -0.460 e. The van der Waals surface area contributed by atoms with Gasteiger partial charge in [0.25, 0.3) is 5.56 Å². The molecule has 34 heavy (non-hydrogen) atoms. The Labute approximate surface area is 203 Å². The number of methoxy groups -OCH3 is 1. The highest BCUT2D eigenvalue weighted by molar-refractivity contribution is 7.10. The van der Waals surface area contributed by atoms with Crippen molar-refractivity contribution in [3.63, 3.8) is 0 Å². The molecule has 0 saturated carbocycles. The fraction of sp³-hybridized carbons (Fsp3) is 0.250. The van der Waals surface area contributed by atoms with Gasteiger partial charge in [0.05, 0.1) is 22.4 Å². The molecule has 0 N–H and O–H groups in total. The van der Waals surface area contributed by atoms with Gasteiger partial charge in [0.2, 0.25) is 0 Å². The Bertz CT molecular complexity index is 1420. The van der Waals surface area contributed by atoms with Gasteiger partial charge in [-0.2, -0.15) is 0 Å². The van der Waals surface area contributed by atoms with Crippen LogP contribution in [0, 0.1) is 0 Å². The van der Waals surface area contributed by atoms with Crippen molar-refractivity contribution in [2.45, 2.75) is 19.9 Å². The van der Waals surface area contributed by atoms with Crippen LogP contribution >= 0.6 is 22.7 Å². The van der Waals surface area contributed by atoms with Gasteiger partial charge in [-0.1, -0.05) is 29.5 Å². The third-order valence-corrected chi connectivity index (χ3v) is 6.92. The van der Waals surface area contributed by atoms with Crippen LogP contribution in [0.5, 0.6) is 5.75 Å². The number of benzene rings is 1. The molecule has 0 fully saturated rings. The molecule has 1 unspecified atom stereocenters. The van der Waals surface area contributed by atoms with E-state index in [2.05, 4.69) is 4.99 Å². The second kappa shape index (κ2) is 10.3. The Morgan fingerprint density at radius 3 is 2.59 bits per heavy atom. The van der Waals surface area contributed by atoms with Crippen LogP contribution in [0.25, 0.3) is 6.08 Å². The quantitative estimate of drug-likeness (QED) is 0.282. The van der Waals surface area contributed by atoms with Crippen molar-refractivity contribution in [3.05, 3.63) is 83.2 Å². The Morgan fingerprint density at radius 2 is 1.94 bits per heavy atom. The van der Waals surface area contributed by atoms with E-state index in [4.69, 9.17) is 14.2 Å². The highest BCUT2D eigenvalue weighted by atomic mass is 32.1. The number of thiophene rings is 1. The molecule has 0 radical (unpaired) electrons. The molecule has 176 valence electrons. The topological polar surface area (TPSA) is 96.2 Å². The third kappa shape index (κ3) is 4.93. The maximum Gasteiger partial charge on any atom is 0.338 e. The first-order chi connectivity index (χ1) is 16.4. The number of aromatic nitrogens is 1. The maximum absolute atomic E-state index is 13.5. The summed E-state index contributed by atoms with van der Waals surface area (Å²) in [7, 11) is 1.53. The van der Waals surface area contributed by atoms with Crippen molar-refractivity contribution in [1.82, 2.24) is 4.57 Å². The van der Waals surface area contributed by atoms with Crippen LogP contribution in [0.1, 0.15) is 30.3 Å². The largest absolute Gasteiger partial charge is 0.460 e. The number of rotatable bonds is 7. The lowest BCUT2D eigenvalue weighted by atomic mass is 10.0. The number of carbonyl (C=O) groups is 2. The Kier molecular flexibility index (Phi) is 7.20. The minimum absolute atomic E-state index is 0.108. The van der Waals surface area contributed by atoms with Gasteiger partial charge in [0.1, 0.15) is 18.4 Å². The average molecular weight is 499 g/mol. The van der Waals surface area contributed by atoms with E-state index in [1.165, 1.54) is 36.7 Å². The number of esters is 2. The predicted octanol–water partition coefficient (Wildman–Crippen LogP) is 2.41. The summed E-state index contributed by atoms with van der Waals surface area (Å²) < 4.78 is 17.4. The van der Waals surface area contributed by atoms with Gasteiger partial charge in [0, 0.05) is 18.9 Å². The summed E-state index contributed by atoms with van der Waals surface area (Å²) in [6.07, 6.45) is 1.75. The molecule has 4 rings (SSSR count). The van der Waals surface area contributed by atoms with Gasteiger partial charge in [-0.3, -0.25) is 14.2 Å². The minimum atomic E-state index is -0.625. The lowest BCUT2D eigenvalue weighted by molar-refractivity contribution is -0.140. The van der Waals surface area contributed by atoms with E-state index in [9.17, 15) is 14.4 Å². The standard InChI is InChI=1S/C24H22N2O6S2/c1-14-20(23(29)31-11-10-30-3)21(18-5-4-12-33-18)26-22(28)19(34-24(26)25-14)13-16-6-8-17(9-7-16)32-15(2)27/h4-9,12-13,21H,10-11H2,1-3H3/b19-13+. The summed E-state index contributed by atoms with van der Waals surface area (Å²) in [5.74, 6) is -0.496. The summed E-state index contributed by atoms with van der Waals surface area (Å²) in [5.41, 5.74) is 1.37. The second-order valence-electron chi connectivity index (χ2n) is 7.39. The third-order valence-electron chi connectivity index (χ3n) is 5.01. The summed E-state index contributed by atoms with van der Waals surface area (Å²) in [5, 5.41) is 1.90. The zero-order chi connectivity index (χ0) is 24.2. The molecule has 0 aliphatic carbocycles. The number of thiazole rings is 1. The molecule has 1 aliphatic heterocycles. The van der Waals surface area contributed by atoms with E-state index in [1.807, 2.05) is 17.5 Å². The number of carbonyl (C=O) groups excluding carboxylic acids is 2. The lowest BCUT2D eigenvalue weighted by Crippen LogP contribution is -2.39. The van der Waals surface area contributed by atoms with Crippen molar-refractivity contribution in [2.75, 3.05) is 20.3 Å². The van der Waals surface area contributed by atoms with E-state index in [-0.39, 0.29) is 18.8 Å². The van der Waals surface area contributed by atoms with Crippen LogP contribution < -0.4 is 19.6 Å². The molecule has 1 aromatic carbocycles. The fourth-order valence-corrected chi connectivity index (χ4v) is 5.41. The fourth-order valence-electron chi connectivity index (χ4n) is 3.54. The Balaban J connectivity index is 1.78. The molecule has 10 heteroatoms. The molecule has 8 nitrogen and oxygen atoms in total. The van der Waals surface area contributed by atoms with Crippen LogP contribution in [-0.4, -0.2) is 36.8 Å². The first-order valence-electron chi connectivity index (χ1n) is 10.4. The van der Waals surface area contributed by atoms with Gasteiger partial charge in [0.15, 0.2) is 4.80 Å². The Morgan fingerprint density at radius 1 is 1.18 bits per heavy atom. The van der Waals surface area contributed by atoms with Crippen molar-refractivity contribution in [2.24, 2.45) is 4.99 Å². The first-order valence-corrected chi connectivity index (χ1v) is 12.1. The zero-order valence-electron chi connectivity index (χ0n) is 18.8. The van der Waals surface area contributed by atoms with Gasteiger partial charge >= 0.3 is 11.9 Å². The van der Waals surface area contributed by atoms with E-state index in [0.717, 1.165) is 10.4 Å². The van der Waals surface area contributed by atoms with Crippen molar-refractivity contribution < 1.29 is 23.8 Å². The number of ether oxygens (including phenoxy) is 3. The van der Waals surface area contributed by atoms with Crippen LogP contribution in [0.4, 0.5) is 0 Å². The molecule has 1 aliphatic rings. The SMILES string of the molecule is COCCOC(=O)C1=C(C)N=c2s/c(=C/c3ccc(OC(C)=O)cc3)c(=O)n2C1c1cccs1. The predicted molar refractivity (Wildman–Crippen MR) is 129 cm³/mol. The van der Waals surface area contributed by atoms with E-state index in [1.54, 1.807) is 41.8 Å². The van der Waals surface area contributed by atoms with Gasteiger partial charge in [-0.25, -0.2) is 9.79 Å². The lowest BCUT2D eigenvalue weighted by Gasteiger charge is -2.23. The van der Waals surface area contributed by atoms with Crippen molar-refractivity contribution in [1.29, 1.82) is 0 Å². The number of hydrogen-bond acceptors (Lipinski definition) is 9. The molecule has 2 aromatic heterocycles. The second-order valence-corrected chi connectivity index (χ2v) is 9.38. The zero-order valence-corrected chi connectivity index (χ0v) is 20.4. The summed E-state index contributed by atoms with van der Waals surface area (Å²) >= 11 is 2.71. The maximum atomic E-state index is 13.5. The molecule has 0 saturated heterocycles. The van der Waals surface area contributed by atoms with Gasteiger partial charge in [-0.15, -0.1) is 11.3 Å². The number of hydrogen-bond donors (Lipinski definition) is 0. The van der Waals surface area contributed by atoms with E-state index < -0.39 is 18.0 Å². The van der Waals surface area contributed by atoms with Crippen LogP contribution in [0.3, 0.4) is 0 Å². The highest BCUT2D eigenvalue weighted by Gasteiger charge is 2.34. The molecule has 0 bridgehead atoms. The molecule has 0 amide bonds. The normalized spacial score (nSPS) is 15.6. The van der Waals surface area contributed by atoms with Crippen LogP contribution in [0.2, 0.25) is 0 Å². The van der Waals surface area contributed by atoms with Gasteiger partial charge in [-0.05, 0) is 42.1 Å². The average Bonchev–Trinajstić information content (AvgIpc) is 3.43. The molecule has 3 aromatic rings. The van der Waals surface area contributed by atoms with Crippen LogP contribution in [-0.2, 0) is 19.1 Å². The molecular weight excluding hydrogens is 476 g/mol. The van der Waals surface area contributed by atoms with E-state index in [0.29, 0.717) is 26.4 Å². The molecule has 1 atom stereocenters. The van der Waals surface area contributed by atoms with Crippen molar-refractivity contribution in [3.8, 4) is 5.75 Å².